The fourth-order valence-corrected chi connectivity index (χ4v) is 1.24. The minimum absolute atomic E-state index is 0.132. The van der Waals surface area contributed by atoms with Crippen LogP contribution in [0.15, 0.2) is 36.4 Å². The zero-order chi connectivity index (χ0) is 8.55. The molecule has 2 aromatic carbocycles. The van der Waals surface area contributed by atoms with E-state index < -0.39 is 0 Å². The van der Waals surface area contributed by atoms with Gasteiger partial charge < -0.3 is 0 Å². The molecule has 0 fully saturated rings. The number of rotatable bonds is 0. The Kier molecular flexibility index (Phi) is 1.47. The Bertz CT molecular complexity index is 382. The highest BCUT2D eigenvalue weighted by atomic mass is 19.1. The first kappa shape index (κ1) is 7.10. The fraction of sp³-hybridized carbons (Fsp3) is 0. The van der Waals surface area contributed by atoms with Crippen molar-refractivity contribution >= 4 is 10.8 Å². The summed E-state index contributed by atoms with van der Waals surface area (Å²) in [5, 5.41) is 12.0. The highest BCUT2D eigenvalue weighted by molar-refractivity contribution is 5.88. The van der Waals surface area contributed by atoms with Crippen LogP contribution < -0.4 is 0 Å². The maximum Gasteiger partial charge on any atom is 0.186 e. The van der Waals surface area contributed by atoms with Gasteiger partial charge in [0.2, 0.25) is 0 Å². The van der Waals surface area contributed by atoms with Gasteiger partial charge in [0.05, 0.1) is 0 Å². The normalized spacial score (nSPS) is 10.4. The number of benzene rings is 2. The highest BCUT2D eigenvalue weighted by Gasteiger charge is 2.03. The standard InChI is InChI=1S/C10H6FO/c11-9-5-1-4-8-7(9)3-2-6-10(8)12/h1-6H. The average molecular weight is 161 g/mol. The molecule has 0 saturated carbocycles. The summed E-state index contributed by atoms with van der Waals surface area (Å²) in [6, 6.07) is 9.11. The number of fused-ring (bicyclic) bond motifs is 1. The Balaban J connectivity index is 2.94. The van der Waals surface area contributed by atoms with Crippen molar-refractivity contribution in [2.45, 2.75) is 0 Å². The first-order valence-corrected chi connectivity index (χ1v) is 3.63. The van der Waals surface area contributed by atoms with Crippen molar-refractivity contribution in [3.63, 3.8) is 0 Å². The van der Waals surface area contributed by atoms with Crippen LogP contribution in [0.3, 0.4) is 0 Å². The quantitative estimate of drug-likeness (QED) is 0.565. The van der Waals surface area contributed by atoms with E-state index in [9.17, 15) is 9.50 Å². The Hall–Kier alpha value is -1.57. The maximum atomic E-state index is 13.0. The summed E-state index contributed by atoms with van der Waals surface area (Å²) in [5.41, 5.74) is 0. The molecule has 0 N–H and O–H groups in total. The van der Waals surface area contributed by atoms with E-state index in [1.54, 1.807) is 24.3 Å². The van der Waals surface area contributed by atoms with Gasteiger partial charge in [-0.05, 0) is 12.1 Å². The minimum Gasteiger partial charge on any atom is -0.289 e. The van der Waals surface area contributed by atoms with Gasteiger partial charge in [-0.1, -0.05) is 24.3 Å². The van der Waals surface area contributed by atoms with Crippen LogP contribution in [0.1, 0.15) is 0 Å². The summed E-state index contributed by atoms with van der Waals surface area (Å²) < 4.78 is 13.0. The van der Waals surface area contributed by atoms with E-state index in [0.29, 0.717) is 10.8 Å². The molecular weight excluding hydrogens is 155 g/mol. The van der Waals surface area contributed by atoms with Crippen molar-refractivity contribution in [1.82, 2.24) is 0 Å². The topological polar surface area (TPSA) is 19.9 Å². The average Bonchev–Trinajstić information content (AvgIpc) is 2.07. The van der Waals surface area contributed by atoms with Gasteiger partial charge in [0.25, 0.3) is 0 Å². The molecule has 0 heterocycles. The molecule has 0 aliphatic carbocycles. The Labute approximate surface area is 69.1 Å². The van der Waals surface area contributed by atoms with Crippen molar-refractivity contribution < 1.29 is 9.50 Å². The number of hydrogen-bond donors (Lipinski definition) is 0. The lowest BCUT2D eigenvalue weighted by atomic mass is 10.1. The first-order valence-electron chi connectivity index (χ1n) is 3.63. The highest BCUT2D eigenvalue weighted by Crippen LogP contribution is 2.26. The second kappa shape index (κ2) is 2.48. The van der Waals surface area contributed by atoms with E-state index >= 15 is 0 Å². The molecule has 2 heteroatoms. The van der Waals surface area contributed by atoms with Gasteiger partial charge in [0.1, 0.15) is 5.82 Å². The second-order valence-electron chi connectivity index (χ2n) is 2.59. The lowest BCUT2D eigenvalue weighted by Crippen LogP contribution is -1.77. The van der Waals surface area contributed by atoms with Crippen LogP contribution in [0, 0.1) is 5.82 Å². The minimum atomic E-state index is -0.342. The maximum absolute atomic E-state index is 13.0. The van der Waals surface area contributed by atoms with Crippen LogP contribution in [-0.4, -0.2) is 0 Å². The fourth-order valence-electron chi connectivity index (χ4n) is 1.24. The third-order valence-electron chi connectivity index (χ3n) is 1.83. The monoisotopic (exact) mass is 161 g/mol. The summed E-state index contributed by atoms with van der Waals surface area (Å²) in [7, 11) is 0. The van der Waals surface area contributed by atoms with Gasteiger partial charge in [-0.15, -0.1) is 0 Å². The smallest absolute Gasteiger partial charge is 0.186 e. The Morgan fingerprint density at radius 2 is 1.58 bits per heavy atom. The molecule has 0 atom stereocenters. The first-order chi connectivity index (χ1) is 5.79. The summed E-state index contributed by atoms with van der Waals surface area (Å²) in [5.74, 6) is -0.475. The third kappa shape index (κ3) is 0.925. The van der Waals surface area contributed by atoms with Gasteiger partial charge in [-0.3, -0.25) is 5.11 Å². The lowest BCUT2D eigenvalue weighted by Gasteiger charge is -1.97. The van der Waals surface area contributed by atoms with Gasteiger partial charge in [-0.25, -0.2) is 4.39 Å². The van der Waals surface area contributed by atoms with Crippen molar-refractivity contribution in [2.75, 3.05) is 0 Å². The van der Waals surface area contributed by atoms with Gasteiger partial charge in [-0.2, -0.15) is 0 Å². The lowest BCUT2D eigenvalue weighted by molar-refractivity contribution is 0.360. The van der Waals surface area contributed by atoms with Crippen molar-refractivity contribution in [1.29, 1.82) is 0 Å². The zero-order valence-corrected chi connectivity index (χ0v) is 6.25. The van der Waals surface area contributed by atoms with Crippen LogP contribution in [0.5, 0.6) is 5.75 Å². The van der Waals surface area contributed by atoms with E-state index in [1.807, 2.05) is 0 Å². The van der Waals surface area contributed by atoms with Crippen LogP contribution in [0.4, 0.5) is 4.39 Å². The summed E-state index contributed by atoms with van der Waals surface area (Å²) >= 11 is 0. The molecule has 1 radical (unpaired) electrons. The SMILES string of the molecule is [O]c1cccc2c(F)cccc12. The molecule has 0 amide bonds. The molecule has 0 aromatic heterocycles. The molecule has 2 rings (SSSR count). The van der Waals surface area contributed by atoms with E-state index in [-0.39, 0.29) is 11.6 Å². The summed E-state index contributed by atoms with van der Waals surface area (Å²) in [6.07, 6.45) is 0. The molecular formula is C10H6FO. The number of hydrogen-bond acceptors (Lipinski definition) is 0. The summed E-state index contributed by atoms with van der Waals surface area (Å²) in [4.78, 5) is 0. The molecule has 0 saturated heterocycles. The van der Waals surface area contributed by atoms with Crippen molar-refractivity contribution in [2.24, 2.45) is 0 Å². The van der Waals surface area contributed by atoms with Crippen LogP contribution in [0.25, 0.3) is 10.8 Å². The van der Waals surface area contributed by atoms with E-state index in [0.717, 1.165) is 0 Å². The predicted octanol–water partition coefficient (Wildman–Crippen LogP) is 3.12. The molecule has 2 aromatic rings. The van der Waals surface area contributed by atoms with Gasteiger partial charge in [0.15, 0.2) is 5.75 Å². The molecule has 1 nitrogen and oxygen atoms in total. The molecule has 0 aliphatic rings. The van der Waals surface area contributed by atoms with Crippen LogP contribution in [0.2, 0.25) is 0 Å². The van der Waals surface area contributed by atoms with Crippen LogP contribution >= 0.6 is 0 Å². The van der Waals surface area contributed by atoms with Crippen molar-refractivity contribution in [3.05, 3.63) is 42.2 Å². The van der Waals surface area contributed by atoms with Gasteiger partial charge in [0, 0.05) is 10.8 Å². The zero-order valence-electron chi connectivity index (χ0n) is 6.25. The van der Waals surface area contributed by atoms with Gasteiger partial charge >= 0.3 is 0 Å². The van der Waals surface area contributed by atoms with E-state index in [1.165, 1.54) is 12.1 Å². The molecule has 0 bridgehead atoms. The largest absolute Gasteiger partial charge is 0.289 e. The third-order valence-corrected chi connectivity index (χ3v) is 1.83. The molecule has 59 valence electrons. The van der Waals surface area contributed by atoms with E-state index in [2.05, 4.69) is 0 Å². The molecule has 0 aliphatic heterocycles. The predicted molar refractivity (Wildman–Crippen MR) is 44.0 cm³/mol. The van der Waals surface area contributed by atoms with Crippen LogP contribution in [-0.2, 0) is 5.11 Å². The summed E-state index contributed by atoms with van der Waals surface area (Å²) in [6.45, 7) is 0. The second-order valence-corrected chi connectivity index (χ2v) is 2.59. The molecule has 0 unspecified atom stereocenters. The van der Waals surface area contributed by atoms with E-state index in [4.69, 9.17) is 0 Å². The molecule has 0 spiro atoms. The number of halogens is 1. The molecule has 12 heavy (non-hydrogen) atoms. The Morgan fingerprint density at radius 3 is 2.33 bits per heavy atom. The van der Waals surface area contributed by atoms with Crippen molar-refractivity contribution in [3.8, 4) is 5.75 Å². The Morgan fingerprint density at radius 1 is 0.917 bits per heavy atom.